The SMILES string of the molecule is NC(=O)CCC(NC(=O)C(N)Cc1ccc(O)cc1)C(=O)NCC(=O)NC(CS)C(=O)O. The zero-order chi connectivity index (χ0) is 24.3. The standard InChI is InChI=1S/C19H27N5O7S/c20-12(7-10-1-3-11(25)4-2-10)17(28)24-13(5-6-15(21)26)18(29)22-8-16(27)23-14(9-32)19(30)31/h1-4,12-14,25,32H,5-9,20H2,(H2,21,26)(H,22,29)(H,23,27)(H,24,28)(H,30,31). The molecule has 0 saturated heterocycles. The number of primary amides is 1. The minimum Gasteiger partial charge on any atom is -0.508 e. The normalized spacial score (nSPS) is 13.3. The number of rotatable bonds is 13. The van der Waals surface area contributed by atoms with Crippen LogP contribution in [0.4, 0.5) is 0 Å². The van der Waals surface area contributed by atoms with Crippen LogP contribution in [0.2, 0.25) is 0 Å². The van der Waals surface area contributed by atoms with E-state index in [1.165, 1.54) is 12.1 Å². The Labute approximate surface area is 189 Å². The van der Waals surface area contributed by atoms with E-state index in [2.05, 4.69) is 28.6 Å². The second kappa shape index (κ2) is 13.2. The highest BCUT2D eigenvalue weighted by Crippen LogP contribution is 2.11. The molecule has 0 aliphatic heterocycles. The van der Waals surface area contributed by atoms with Gasteiger partial charge in [0, 0.05) is 12.2 Å². The maximum Gasteiger partial charge on any atom is 0.327 e. The molecule has 4 amide bonds. The summed E-state index contributed by atoms with van der Waals surface area (Å²) in [5.74, 6) is -4.29. The number of carbonyl (C=O) groups is 5. The lowest BCUT2D eigenvalue weighted by molar-refractivity contribution is -0.141. The van der Waals surface area contributed by atoms with Crippen LogP contribution in [-0.4, -0.2) is 70.2 Å². The maximum atomic E-state index is 12.4. The van der Waals surface area contributed by atoms with E-state index in [1.54, 1.807) is 12.1 Å². The van der Waals surface area contributed by atoms with Crippen molar-refractivity contribution in [3.8, 4) is 5.75 Å². The quantitative estimate of drug-likeness (QED) is 0.146. The van der Waals surface area contributed by atoms with Gasteiger partial charge in [0.05, 0.1) is 12.6 Å². The van der Waals surface area contributed by atoms with Gasteiger partial charge in [-0.2, -0.15) is 12.6 Å². The number of carbonyl (C=O) groups excluding carboxylic acids is 4. The zero-order valence-corrected chi connectivity index (χ0v) is 18.0. The van der Waals surface area contributed by atoms with Gasteiger partial charge in [-0.05, 0) is 30.5 Å². The Kier molecular flexibility index (Phi) is 11.0. The van der Waals surface area contributed by atoms with Gasteiger partial charge in [-0.1, -0.05) is 12.1 Å². The van der Waals surface area contributed by atoms with Gasteiger partial charge in [0.2, 0.25) is 23.6 Å². The Morgan fingerprint density at radius 1 is 1.00 bits per heavy atom. The van der Waals surface area contributed by atoms with Crippen LogP contribution >= 0.6 is 12.6 Å². The summed E-state index contributed by atoms with van der Waals surface area (Å²) in [6.45, 7) is -0.557. The van der Waals surface area contributed by atoms with E-state index in [0.717, 1.165) is 0 Å². The average Bonchev–Trinajstić information content (AvgIpc) is 2.74. The van der Waals surface area contributed by atoms with Crippen LogP contribution in [0.15, 0.2) is 24.3 Å². The fourth-order valence-corrected chi connectivity index (χ4v) is 2.78. The molecular formula is C19H27N5O7S. The minimum absolute atomic E-state index is 0.0584. The average molecular weight is 470 g/mol. The molecule has 0 fully saturated rings. The van der Waals surface area contributed by atoms with E-state index in [0.29, 0.717) is 5.56 Å². The van der Waals surface area contributed by atoms with E-state index in [9.17, 15) is 29.1 Å². The Morgan fingerprint density at radius 2 is 1.62 bits per heavy atom. The molecule has 9 N–H and O–H groups in total. The number of nitrogens with two attached hydrogens (primary N) is 2. The number of benzene rings is 1. The largest absolute Gasteiger partial charge is 0.508 e. The first-order chi connectivity index (χ1) is 15.0. The van der Waals surface area contributed by atoms with Crippen LogP contribution in [0.1, 0.15) is 18.4 Å². The van der Waals surface area contributed by atoms with Crippen molar-refractivity contribution >= 4 is 42.2 Å². The van der Waals surface area contributed by atoms with E-state index in [-0.39, 0.29) is 30.8 Å². The van der Waals surface area contributed by atoms with Crippen LogP contribution < -0.4 is 27.4 Å². The fourth-order valence-electron chi connectivity index (χ4n) is 2.53. The van der Waals surface area contributed by atoms with E-state index in [4.69, 9.17) is 16.6 Å². The number of nitrogens with one attached hydrogen (secondary N) is 3. The minimum atomic E-state index is -1.28. The fraction of sp³-hybridized carbons (Fsp3) is 0.421. The monoisotopic (exact) mass is 469 g/mol. The number of carboxylic acids is 1. The Hall–Kier alpha value is -3.32. The Bertz CT molecular complexity index is 834. The van der Waals surface area contributed by atoms with Gasteiger partial charge >= 0.3 is 5.97 Å². The molecule has 0 radical (unpaired) electrons. The third kappa shape index (κ3) is 9.66. The topological polar surface area (TPSA) is 214 Å². The predicted molar refractivity (Wildman–Crippen MR) is 117 cm³/mol. The van der Waals surface area contributed by atoms with Crippen LogP contribution in [0, 0.1) is 0 Å². The molecule has 3 unspecified atom stereocenters. The summed E-state index contributed by atoms with van der Waals surface area (Å²) in [7, 11) is 0. The predicted octanol–water partition coefficient (Wildman–Crippen LogP) is -2.37. The van der Waals surface area contributed by atoms with Crippen LogP contribution in [0.3, 0.4) is 0 Å². The number of hydrogen-bond acceptors (Lipinski definition) is 8. The molecular weight excluding hydrogens is 442 g/mol. The number of aromatic hydroxyl groups is 1. The summed E-state index contributed by atoms with van der Waals surface area (Å²) in [5, 5.41) is 25.1. The first-order valence-electron chi connectivity index (χ1n) is 9.56. The molecule has 0 bridgehead atoms. The summed E-state index contributed by atoms with van der Waals surface area (Å²) in [4.78, 5) is 58.8. The summed E-state index contributed by atoms with van der Waals surface area (Å²) in [5.41, 5.74) is 11.7. The second-order valence-electron chi connectivity index (χ2n) is 6.90. The highest BCUT2D eigenvalue weighted by molar-refractivity contribution is 7.80. The molecule has 0 aliphatic carbocycles. The van der Waals surface area contributed by atoms with E-state index >= 15 is 0 Å². The van der Waals surface area contributed by atoms with Gasteiger partial charge in [-0.25, -0.2) is 4.79 Å². The van der Waals surface area contributed by atoms with Crippen LogP contribution in [0.25, 0.3) is 0 Å². The molecule has 0 aromatic heterocycles. The molecule has 0 aliphatic rings. The molecule has 1 rings (SSSR count). The van der Waals surface area contributed by atoms with Crippen molar-refractivity contribution in [3.63, 3.8) is 0 Å². The van der Waals surface area contributed by atoms with Gasteiger partial charge < -0.3 is 37.6 Å². The lowest BCUT2D eigenvalue weighted by atomic mass is 10.0. The van der Waals surface area contributed by atoms with Crippen LogP contribution in [0.5, 0.6) is 5.75 Å². The molecule has 0 heterocycles. The van der Waals surface area contributed by atoms with Gasteiger partial charge in [-0.15, -0.1) is 0 Å². The molecule has 3 atom stereocenters. The number of aliphatic carboxylic acids is 1. The highest BCUT2D eigenvalue weighted by atomic mass is 32.1. The van der Waals surface area contributed by atoms with Gasteiger partial charge in [-0.3, -0.25) is 19.2 Å². The first kappa shape index (κ1) is 26.7. The van der Waals surface area contributed by atoms with Crippen molar-refractivity contribution in [2.45, 2.75) is 37.4 Å². The van der Waals surface area contributed by atoms with E-state index < -0.39 is 54.3 Å². The highest BCUT2D eigenvalue weighted by Gasteiger charge is 2.25. The van der Waals surface area contributed by atoms with Crippen molar-refractivity contribution in [3.05, 3.63) is 29.8 Å². The number of carboxylic acid groups (broad SMARTS) is 1. The summed E-state index contributed by atoms with van der Waals surface area (Å²) in [6, 6.07) is 2.60. The third-order valence-electron chi connectivity index (χ3n) is 4.28. The number of phenolic OH excluding ortho intramolecular Hbond substituents is 1. The molecule has 1 aromatic carbocycles. The molecule has 13 heteroatoms. The van der Waals surface area contributed by atoms with Gasteiger partial charge in [0.1, 0.15) is 17.8 Å². The lowest BCUT2D eigenvalue weighted by Crippen LogP contribution is -2.54. The summed E-state index contributed by atoms with van der Waals surface area (Å²) < 4.78 is 0. The summed E-state index contributed by atoms with van der Waals surface area (Å²) in [6.07, 6.45) is -0.216. The molecule has 0 saturated carbocycles. The summed E-state index contributed by atoms with van der Waals surface area (Å²) >= 11 is 3.82. The van der Waals surface area contributed by atoms with Crippen molar-refractivity contribution in [2.24, 2.45) is 11.5 Å². The lowest BCUT2D eigenvalue weighted by Gasteiger charge is -2.20. The number of hydrogen-bond donors (Lipinski definition) is 8. The van der Waals surface area contributed by atoms with Crippen molar-refractivity contribution < 1.29 is 34.2 Å². The molecule has 1 aromatic rings. The van der Waals surface area contributed by atoms with Crippen LogP contribution in [-0.2, 0) is 30.4 Å². The number of phenols is 1. The number of thiol groups is 1. The van der Waals surface area contributed by atoms with Crippen molar-refractivity contribution in [1.29, 1.82) is 0 Å². The van der Waals surface area contributed by atoms with Gasteiger partial charge in [0.25, 0.3) is 0 Å². The number of amides is 4. The van der Waals surface area contributed by atoms with Crippen molar-refractivity contribution in [1.82, 2.24) is 16.0 Å². The maximum absolute atomic E-state index is 12.4. The van der Waals surface area contributed by atoms with Crippen molar-refractivity contribution in [2.75, 3.05) is 12.3 Å². The third-order valence-corrected chi connectivity index (χ3v) is 4.65. The second-order valence-corrected chi connectivity index (χ2v) is 7.27. The Morgan fingerprint density at radius 3 is 2.16 bits per heavy atom. The van der Waals surface area contributed by atoms with Gasteiger partial charge in [0.15, 0.2) is 0 Å². The molecule has 12 nitrogen and oxygen atoms in total. The molecule has 0 spiro atoms. The smallest absolute Gasteiger partial charge is 0.327 e. The molecule has 176 valence electrons. The first-order valence-corrected chi connectivity index (χ1v) is 10.2. The molecule has 32 heavy (non-hydrogen) atoms. The van der Waals surface area contributed by atoms with E-state index in [1.807, 2.05) is 0 Å². The zero-order valence-electron chi connectivity index (χ0n) is 17.1. The Balaban J connectivity index is 2.70.